The van der Waals surface area contributed by atoms with Gasteiger partial charge in [0.2, 0.25) is 0 Å². The van der Waals surface area contributed by atoms with Gasteiger partial charge in [-0.3, -0.25) is 9.69 Å². The molecule has 1 aliphatic rings. The largest absolute Gasteiger partial charge is 0.459 e. The summed E-state index contributed by atoms with van der Waals surface area (Å²) in [6.07, 6.45) is 5.60. The minimum atomic E-state index is -0.635. The fourth-order valence-electron chi connectivity index (χ4n) is 3.06. The number of benzene rings is 1. The molecule has 0 saturated heterocycles. The van der Waals surface area contributed by atoms with Gasteiger partial charge >= 0.3 is 12.1 Å². The van der Waals surface area contributed by atoms with E-state index in [9.17, 15) is 9.59 Å². The molecule has 176 valence electrons. The molecule has 1 aromatic heterocycles. The molecule has 1 heterocycles. The lowest BCUT2D eigenvalue weighted by Gasteiger charge is -2.24. The number of carbonyl (C=O) groups is 2. The van der Waals surface area contributed by atoms with E-state index in [1.165, 1.54) is 17.7 Å². The van der Waals surface area contributed by atoms with Crippen molar-refractivity contribution in [3.63, 3.8) is 0 Å². The SMILES string of the molecule is CC(C)(C)OC(=O)CN(CC=Cc1cccc(NCC2CC2)n1)C(=O)OCc1ccccc1. The van der Waals surface area contributed by atoms with Gasteiger partial charge in [0, 0.05) is 13.1 Å². The lowest BCUT2D eigenvalue weighted by atomic mass is 10.2. The van der Waals surface area contributed by atoms with E-state index in [2.05, 4.69) is 10.3 Å². The van der Waals surface area contributed by atoms with Crippen molar-refractivity contribution in [3.8, 4) is 0 Å². The van der Waals surface area contributed by atoms with Gasteiger partial charge in [-0.15, -0.1) is 0 Å². The first-order chi connectivity index (χ1) is 15.8. The third kappa shape index (κ3) is 9.35. The van der Waals surface area contributed by atoms with Gasteiger partial charge in [-0.05, 0) is 63.3 Å². The Morgan fingerprint density at radius 2 is 1.88 bits per heavy atom. The molecule has 0 spiro atoms. The van der Waals surface area contributed by atoms with Gasteiger partial charge in [0.15, 0.2) is 0 Å². The summed E-state index contributed by atoms with van der Waals surface area (Å²) in [5.41, 5.74) is 1.01. The molecule has 1 aliphatic carbocycles. The highest BCUT2D eigenvalue weighted by molar-refractivity contribution is 5.78. The van der Waals surface area contributed by atoms with Gasteiger partial charge in [-0.2, -0.15) is 0 Å². The molecule has 0 unspecified atom stereocenters. The number of anilines is 1. The monoisotopic (exact) mass is 451 g/mol. The third-order valence-electron chi connectivity index (χ3n) is 4.86. The Balaban J connectivity index is 1.60. The number of amides is 1. The highest BCUT2D eigenvalue weighted by Gasteiger charge is 2.23. The second-order valence-electron chi connectivity index (χ2n) is 9.18. The molecular weight excluding hydrogens is 418 g/mol. The molecule has 0 aliphatic heterocycles. The Hall–Kier alpha value is -3.35. The molecule has 3 rings (SSSR count). The van der Waals surface area contributed by atoms with Crippen LogP contribution in [0.4, 0.5) is 10.6 Å². The molecule has 1 aromatic carbocycles. The Morgan fingerprint density at radius 3 is 2.58 bits per heavy atom. The molecule has 7 nitrogen and oxygen atoms in total. The van der Waals surface area contributed by atoms with Gasteiger partial charge in [0.25, 0.3) is 0 Å². The number of rotatable bonds is 10. The number of pyridine rings is 1. The van der Waals surface area contributed by atoms with Crippen molar-refractivity contribution in [2.24, 2.45) is 5.92 Å². The first-order valence-corrected chi connectivity index (χ1v) is 11.3. The molecule has 7 heteroatoms. The molecule has 1 amide bonds. The summed E-state index contributed by atoms with van der Waals surface area (Å²) < 4.78 is 10.8. The second-order valence-corrected chi connectivity index (χ2v) is 9.18. The molecule has 2 aromatic rings. The first kappa shape index (κ1) is 24.3. The van der Waals surface area contributed by atoms with Crippen molar-refractivity contribution >= 4 is 24.0 Å². The number of hydrogen-bond acceptors (Lipinski definition) is 6. The quantitative estimate of drug-likeness (QED) is 0.518. The summed E-state index contributed by atoms with van der Waals surface area (Å²) in [7, 11) is 0. The van der Waals surface area contributed by atoms with Crippen LogP contribution in [-0.4, -0.2) is 47.2 Å². The lowest BCUT2D eigenvalue weighted by Crippen LogP contribution is -2.39. The average Bonchev–Trinajstić information content (AvgIpc) is 3.60. The van der Waals surface area contributed by atoms with Crippen molar-refractivity contribution in [1.29, 1.82) is 0 Å². The molecule has 1 saturated carbocycles. The number of nitrogens with one attached hydrogen (secondary N) is 1. The van der Waals surface area contributed by atoms with Crippen LogP contribution in [0.25, 0.3) is 6.08 Å². The van der Waals surface area contributed by atoms with Crippen LogP contribution >= 0.6 is 0 Å². The zero-order chi connectivity index (χ0) is 23.7. The van der Waals surface area contributed by atoms with Crippen molar-refractivity contribution in [2.75, 3.05) is 25.0 Å². The van der Waals surface area contributed by atoms with E-state index in [0.717, 1.165) is 29.5 Å². The molecule has 0 bridgehead atoms. The Labute approximate surface area is 195 Å². The highest BCUT2D eigenvalue weighted by Crippen LogP contribution is 2.28. The molecule has 0 radical (unpaired) electrons. The smallest absolute Gasteiger partial charge is 0.410 e. The standard InChI is InChI=1S/C26H33N3O4/c1-26(2,3)33-24(30)18-29(25(31)32-19-21-9-5-4-6-10-21)16-8-12-22-11-7-13-23(28-22)27-17-20-14-15-20/h4-13,20H,14-19H2,1-3H3,(H,27,28). The molecular formula is C26H33N3O4. The fraction of sp³-hybridized carbons (Fsp3) is 0.423. The zero-order valence-electron chi connectivity index (χ0n) is 19.6. The van der Waals surface area contributed by atoms with Gasteiger partial charge in [-0.1, -0.05) is 42.5 Å². The van der Waals surface area contributed by atoms with E-state index in [-0.39, 0.29) is 19.7 Å². The van der Waals surface area contributed by atoms with Gasteiger partial charge in [0.1, 0.15) is 24.6 Å². The summed E-state index contributed by atoms with van der Waals surface area (Å²) in [5.74, 6) is 1.10. The van der Waals surface area contributed by atoms with Crippen LogP contribution in [0.2, 0.25) is 0 Å². The summed E-state index contributed by atoms with van der Waals surface area (Å²) in [4.78, 5) is 30.9. The van der Waals surface area contributed by atoms with Crippen LogP contribution in [-0.2, 0) is 20.9 Å². The molecule has 1 fully saturated rings. The van der Waals surface area contributed by atoms with Crippen LogP contribution in [0.1, 0.15) is 44.9 Å². The molecule has 0 atom stereocenters. The van der Waals surface area contributed by atoms with Crippen molar-refractivity contribution < 1.29 is 19.1 Å². The van der Waals surface area contributed by atoms with Crippen LogP contribution in [0.15, 0.2) is 54.6 Å². The maximum absolute atomic E-state index is 12.7. The normalized spacial score (nSPS) is 13.5. The number of aromatic nitrogens is 1. The Bertz CT molecular complexity index is 950. The topological polar surface area (TPSA) is 80.8 Å². The minimum absolute atomic E-state index is 0.129. The summed E-state index contributed by atoms with van der Waals surface area (Å²) >= 11 is 0. The lowest BCUT2D eigenvalue weighted by molar-refractivity contribution is -0.155. The van der Waals surface area contributed by atoms with Crippen molar-refractivity contribution in [1.82, 2.24) is 9.88 Å². The van der Waals surface area contributed by atoms with Crippen LogP contribution in [0.5, 0.6) is 0 Å². The fourth-order valence-corrected chi connectivity index (χ4v) is 3.06. The van der Waals surface area contributed by atoms with E-state index >= 15 is 0 Å². The maximum Gasteiger partial charge on any atom is 0.410 e. The van der Waals surface area contributed by atoms with Crippen LogP contribution in [0, 0.1) is 5.92 Å². The number of nitrogens with zero attached hydrogens (tertiary/aromatic N) is 2. The van der Waals surface area contributed by atoms with Gasteiger partial charge in [-0.25, -0.2) is 9.78 Å². The molecule has 33 heavy (non-hydrogen) atoms. The number of hydrogen-bond donors (Lipinski definition) is 1. The summed E-state index contributed by atoms with van der Waals surface area (Å²) in [6.45, 7) is 6.43. The summed E-state index contributed by atoms with van der Waals surface area (Å²) in [5, 5.41) is 3.35. The maximum atomic E-state index is 12.7. The Kier molecular flexibility index (Phi) is 8.46. The van der Waals surface area contributed by atoms with E-state index in [1.54, 1.807) is 26.8 Å². The number of carbonyl (C=O) groups excluding carboxylic acids is 2. The van der Waals surface area contributed by atoms with E-state index in [1.807, 2.05) is 54.6 Å². The van der Waals surface area contributed by atoms with Crippen LogP contribution in [0.3, 0.4) is 0 Å². The minimum Gasteiger partial charge on any atom is -0.459 e. The third-order valence-corrected chi connectivity index (χ3v) is 4.86. The van der Waals surface area contributed by atoms with E-state index in [4.69, 9.17) is 9.47 Å². The second kappa shape index (κ2) is 11.5. The number of ether oxygens (including phenoxy) is 2. The summed E-state index contributed by atoms with van der Waals surface area (Å²) in [6, 6.07) is 15.2. The zero-order valence-corrected chi connectivity index (χ0v) is 19.6. The van der Waals surface area contributed by atoms with Gasteiger partial charge in [0.05, 0.1) is 5.69 Å². The number of esters is 1. The highest BCUT2D eigenvalue weighted by atomic mass is 16.6. The Morgan fingerprint density at radius 1 is 1.12 bits per heavy atom. The van der Waals surface area contributed by atoms with E-state index in [0.29, 0.717) is 0 Å². The average molecular weight is 452 g/mol. The van der Waals surface area contributed by atoms with Crippen molar-refractivity contribution in [3.05, 3.63) is 65.9 Å². The van der Waals surface area contributed by atoms with Gasteiger partial charge < -0.3 is 14.8 Å². The van der Waals surface area contributed by atoms with Crippen LogP contribution < -0.4 is 5.32 Å². The predicted octanol–water partition coefficient (Wildman–Crippen LogP) is 4.90. The molecule has 1 N–H and O–H groups in total. The van der Waals surface area contributed by atoms with Crippen molar-refractivity contribution in [2.45, 2.75) is 45.8 Å². The van der Waals surface area contributed by atoms with E-state index < -0.39 is 17.7 Å². The first-order valence-electron chi connectivity index (χ1n) is 11.3. The predicted molar refractivity (Wildman–Crippen MR) is 129 cm³/mol.